The number of phenols is 1. The van der Waals surface area contributed by atoms with Gasteiger partial charge in [-0.15, -0.1) is 0 Å². The lowest BCUT2D eigenvalue weighted by molar-refractivity contribution is -0.136. The number of methoxy groups -OCH3 is 1. The summed E-state index contributed by atoms with van der Waals surface area (Å²) < 4.78 is 4.84. The Labute approximate surface area is 140 Å². The van der Waals surface area contributed by atoms with E-state index in [1.165, 1.54) is 7.11 Å². The van der Waals surface area contributed by atoms with Gasteiger partial charge in [0.15, 0.2) is 0 Å². The second-order valence-corrected chi connectivity index (χ2v) is 7.98. The Hall–Kier alpha value is -1.77. The Morgan fingerprint density at radius 3 is 1.83 bits per heavy atom. The number of rotatable bonds is 3. The smallest absolute Gasteiger partial charge is 0.333 e. The predicted octanol–water partition coefficient (Wildman–Crippen LogP) is 4.95. The van der Waals surface area contributed by atoms with E-state index >= 15 is 0 Å². The number of phenolic OH excluding ortho intramolecular Hbond substituents is 1. The molecular formula is C20H30O3. The number of carbonyl (C=O) groups is 1. The van der Waals surface area contributed by atoms with E-state index in [1.54, 1.807) is 0 Å². The van der Waals surface area contributed by atoms with Gasteiger partial charge in [0.2, 0.25) is 0 Å². The highest BCUT2D eigenvalue weighted by Gasteiger charge is 2.26. The fourth-order valence-electron chi connectivity index (χ4n) is 2.52. The van der Waals surface area contributed by atoms with Gasteiger partial charge in [-0.1, -0.05) is 48.5 Å². The molecule has 3 heteroatoms. The van der Waals surface area contributed by atoms with Crippen LogP contribution in [0.15, 0.2) is 17.7 Å². The summed E-state index contributed by atoms with van der Waals surface area (Å²) in [6.07, 6.45) is 2.46. The highest BCUT2D eigenvalue weighted by atomic mass is 16.5. The molecule has 0 atom stereocenters. The molecule has 1 aromatic carbocycles. The van der Waals surface area contributed by atoms with Crippen molar-refractivity contribution in [1.82, 2.24) is 0 Å². The number of aromatic hydroxyl groups is 1. The van der Waals surface area contributed by atoms with Gasteiger partial charge in [0.1, 0.15) is 5.75 Å². The van der Waals surface area contributed by atoms with Crippen molar-refractivity contribution in [3.05, 3.63) is 34.4 Å². The number of carbonyl (C=O) groups excluding carboxylic acids is 1. The maximum atomic E-state index is 11.8. The molecule has 0 fully saturated rings. The SMILES string of the molecule is CC/C(=C\c1cc(C(C)(C)C)c(O)c(C(C)(C)C)c1)C(=O)OC. The second kappa shape index (κ2) is 6.77. The van der Waals surface area contributed by atoms with Gasteiger partial charge in [-0.2, -0.15) is 0 Å². The highest BCUT2D eigenvalue weighted by molar-refractivity contribution is 5.93. The minimum atomic E-state index is -0.310. The summed E-state index contributed by atoms with van der Waals surface area (Å²) in [5.41, 5.74) is 2.93. The first kappa shape index (κ1) is 19.3. The van der Waals surface area contributed by atoms with E-state index in [9.17, 15) is 9.90 Å². The van der Waals surface area contributed by atoms with E-state index in [-0.39, 0.29) is 16.8 Å². The van der Waals surface area contributed by atoms with Crippen LogP contribution < -0.4 is 0 Å². The lowest BCUT2D eigenvalue weighted by Gasteiger charge is -2.28. The van der Waals surface area contributed by atoms with Crippen molar-refractivity contribution in [1.29, 1.82) is 0 Å². The number of ether oxygens (including phenoxy) is 1. The Morgan fingerprint density at radius 2 is 1.52 bits per heavy atom. The van der Waals surface area contributed by atoms with E-state index in [1.807, 2.05) is 25.1 Å². The summed E-state index contributed by atoms with van der Waals surface area (Å²) in [7, 11) is 1.39. The van der Waals surface area contributed by atoms with Crippen molar-refractivity contribution in [2.75, 3.05) is 7.11 Å². The third-order valence-corrected chi connectivity index (χ3v) is 3.92. The Kier molecular flexibility index (Phi) is 5.68. The van der Waals surface area contributed by atoms with Crippen LogP contribution in [0.5, 0.6) is 5.75 Å². The van der Waals surface area contributed by atoms with Crippen LogP contribution in [0.4, 0.5) is 0 Å². The normalized spacial score (nSPS) is 13.1. The fourth-order valence-corrected chi connectivity index (χ4v) is 2.52. The van der Waals surface area contributed by atoms with Crippen molar-refractivity contribution in [2.45, 2.75) is 65.7 Å². The second-order valence-electron chi connectivity index (χ2n) is 7.98. The number of hydrogen-bond acceptors (Lipinski definition) is 3. The van der Waals surface area contributed by atoms with E-state index in [0.29, 0.717) is 17.7 Å². The monoisotopic (exact) mass is 318 g/mol. The van der Waals surface area contributed by atoms with E-state index in [4.69, 9.17) is 4.74 Å². The van der Waals surface area contributed by atoms with Gasteiger partial charge in [0.25, 0.3) is 0 Å². The van der Waals surface area contributed by atoms with Gasteiger partial charge < -0.3 is 9.84 Å². The van der Waals surface area contributed by atoms with Crippen molar-refractivity contribution in [3.63, 3.8) is 0 Å². The summed E-state index contributed by atoms with van der Waals surface area (Å²) in [4.78, 5) is 11.8. The first-order valence-electron chi connectivity index (χ1n) is 8.08. The van der Waals surface area contributed by atoms with Gasteiger partial charge in [0.05, 0.1) is 7.11 Å². The average Bonchev–Trinajstić information content (AvgIpc) is 2.42. The van der Waals surface area contributed by atoms with Crippen molar-refractivity contribution in [2.24, 2.45) is 0 Å². The zero-order valence-electron chi connectivity index (χ0n) is 15.7. The van der Waals surface area contributed by atoms with Crippen molar-refractivity contribution in [3.8, 4) is 5.75 Å². The van der Waals surface area contributed by atoms with E-state index in [2.05, 4.69) is 41.5 Å². The molecule has 0 aromatic heterocycles. The summed E-state index contributed by atoms with van der Waals surface area (Å²) >= 11 is 0. The van der Waals surface area contributed by atoms with Gasteiger partial charge in [-0.25, -0.2) is 4.79 Å². The molecule has 0 radical (unpaired) electrons. The van der Waals surface area contributed by atoms with E-state index in [0.717, 1.165) is 16.7 Å². The van der Waals surface area contributed by atoms with Crippen LogP contribution in [0.2, 0.25) is 0 Å². The molecule has 1 rings (SSSR count). The van der Waals surface area contributed by atoms with Crippen LogP contribution in [-0.2, 0) is 20.4 Å². The third kappa shape index (κ3) is 4.60. The molecule has 0 aliphatic heterocycles. The highest BCUT2D eigenvalue weighted by Crippen LogP contribution is 2.40. The quantitative estimate of drug-likeness (QED) is 0.633. The van der Waals surface area contributed by atoms with Crippen molar-refractivity contribution >= 4 is 12.0 Å². The van der Waals surface area contributed by atoms with Crippen molar-refractivity contribution < 1.29 is 14.6 Å². The molecule has 128 valence electrons. The van der Waals surface area contributed by atoms with E-state index < -0.39 is 0 Å². The average molecular weight is 318 g/mol. The maximum Gasteiger partial charge on any atom is 0.333 e. The molecule has 3 nitrogen and oxygen atoms in total. The number of hydrogen-bond donors (Lipinski definition) is 1. The van der Waals surface area contributed by atoms with Crippen LogP contribution in [0.1, 0.15) is 71.6 Å². The minimum absolute atomic E-state index is 0.189. The standard InChI is InChI=1S/C20H30O3/c1-9-14(18(22)23-8)10-13-11-15(19(2,3)4)17(21)16(12-13)20(5,6)7/h10-12,21H,9H2,1-8H3/b14-10+. The Balaban J connectivity index is 3.63. The molecule has 0 aliphatic rings. The fraction of sp³-hybridized carbons (Fsp3) is 0.550. The predicted molar refractivity (Wildman–Crippen MR) is 95.8 cm³/mol. The molecular weight excluding hydrogens is 288 g/mol. The number of esters is 1. The summed E-state index contributed by atoms with van der Waals surface area (Å²) in [6.45, 7) is 14.4. The first-order chi connectivity index (χ1) is 10.4. The first-order valence-corrected chi connectivity index (χ1v) is 8.08. The number of benzene rings is 1. The summed E-state index contributed by atoms with van der Waals surface area (Å²) in [5.74, 6) is 0.0356. The van der Waals surface area contributed by atoms with Gasteiger partial charge in [-0.3, -0.25) is 0 Å². The topological polar surface area (TPSA) is 46.5 Å². The molecule has 0 saturated heterocycles. The van der Waals surface area contributed by atoms with Gasteiger partial charge >= 0.3 is 5.97 Å². The van der Waals surface area contributed by atoms with Crippen LogP contribution in [0, 0.1) is 0 Å². The zero-order valence-corrected chi connectivity index (χ0v) is 15.7. The minimum Gasteiger partial charge on any atom is -0.507 e. The molecule has 0 amide bonds. The molecule has 1 aromatic rings. The molecule has 0 unspecified atom stereocenters. The molecule has 0 bridgehead atoms. The molecule has 1 N–H and O–H groups in total. The summed E-state index contributed by atoms with van der Waals surface area (Å²) in [6, 6.07) is 3.92. The zero-order chi connectivity index (χ0) is 18.0. The van der Waals surface area contributed by atoms with Gasteiger partial charge in [-0.05, 0) is 41.0 Å². The maximum absolute atomic E-state index is 11.8. The molecule has 0 saturated carbocycles. The largest absolute Gasteiger partial charge is 0.507 e. The van der Waals surface area contributed by atoms with Crippen LogP contribution in [0.3, 0.4) is 0 Å². The van der Waals surface area contributed by atoms with Crippen LogP contribution >= 0.6 is 0 Å². The molecule has 23 heavy (non-hydrogen) atoms. The third-order valence-electron chi connectivity index (χ3n) is 3.92. The molecule has 0 spiro atoms. The Bertz CT molecular complexity index is 576. The summed E-state index contributed by atoms with van der Waals surface area (Å²) in [5, 5.41) is 10.7. The Morgan fingerprint density at radius 1 is 1.09 bits per heavy atom. The molecule has 0 aliphatic carbocycles. The van der Waals surface area contributed by atoms with Crippen LogP contribution in [0.25, 0.3) is 6.08 Å². The van der Waals surface area contributed by atoms with Gasteiger partial charge in [0, 0.05) is 16.7 Å². The molecule has 0 heterocycles. The lowest BCUT2D eigenvalue weighted by Crippen LogP contribution is -2.17. The lowest BCUT2D eigenvalue weighted by atomic mass is 9.78. The van der Waals surface area contributed by atoms with Crippen LogP contribution in [-0.4, -0.2) is 18.2 Å².